The van der Waals surface area contributed by atoms with Gasteiger partial charge in [-0.3, -0.25) is 0 Å². The van der Waals surface area contributed by atoms with Gasteiger partial charge in [-0.1, -0.05) is 30.3 Å². The molecule has 2 nitrogen and oxygen atoms in total. The number of nitrogens with zero attached hydrogens (tertiary/aromatic N) is 1. The molecule has 4 rings (SSSR count). The molecular formula is C20H19ClF5NO. The third-order valence-corrected chi connectivity index (χ3v) is 5.88. The Hall–Kier alpha value is -1.86. The Kier molecular flexibility index (Phi) is 5.60. The summed E-state index contributed by atoms with van der Waals surface area (Å²) in [5, 5.41) is 0. The summed E-state index contributed by atoms with van der Waals surface area (Å²) in [6, 6.07) is 9.07. The van der Waals surface area contributed by atoms with E-state index in [0.717, 1.165) is 12.8 Å². The largest absolute Gasteiger partial charge is 0.476 e. The maximum absolute atomic E-state index is 14.3. The number of hydrogen-bond acceptors (Lipinski definition) is 2. The first-order valence-corrected chi connectivity index (χ1v) is 8.82. The smallest absolute Gasteiger partial charge is 0.207 e. The van der Waals surface area contributed by atoms with Crippen LogP contribution in [0.25, 0.3) is 0 Å². The highest BCUT2D eigenvalue weighted by atomic mass is 35.5. The summed E-state index contributed by atoms with van der Waals surface area (Å²) in [4.78, 5) is 2.20. The lowest BCUT2D eigenvalue weighted by Crippen LogP contribution is -2.50. The lowest BCUT2D eigenvalue weighted by atomic mass is 9.80. The van der Waals surface area contributed by atoms with Crippen molar-refractivity contribution in [3.63, 3.8) is 0 Å². The summed E-state index contributed by atoms with van der Waals surface area (Å²) >= 11 is 0. The first-order valence-electron chi connectivity index (χ1n) is 8.82. The molecular weight excluding hydrogens is 401 g/mol. The highest BCUT2D eigenvalue weighted by molar-refractivity contribution is 5.85. The average molecular weight is 420 g/mol. The van der Waals surface area contributed by atoms with Crippen LogP contribution in [0.2, 0.25) is 0 Å². The summed E-state index contributed by atoms with van der Waals surface area (Å²) in [5.41, 5.74) is -0.489. The van der Waals surface area contributed by atoms with Gasteiger partial charge in [-0.25, -0.2) is 13.2 Å². The fourth-order valence-corrected chi connectivity index (χ4v) is 4.42. The van der Waals surface area contributed by atoms with Crippen LogP contribution in [0, 0.1) is 29.1 Å². The second kappa shape index (κ2) is 7.52. The van der Waals surface area contributed by atoms with Gasteiger partial charge in [-0.05, 0) is 25.5 Å². The number of piperidine rings is 1. The van der Waals surface area contributed by atoms with Gasteiger partial charge in [0, 0.05) is 24.9 Å². The molecule has 3 atom stereocenters. The van der Waals surface area contributed by atoms with Crippen molar-refractivity contribution in [3.8, 4) is 5.75 Å². The predicted octanol–water partition coefficient (Wildman–Crippen LogP) is 5.33. The van der Waals surface area contributed by atoms with Crippen molar-refractivity contribution >= 4 is 12.4 Å². The molecule has 2 aliphatic rings. The quantitative estimate of drug-likeness (QED) is 0.378. The van der Waals surface area contributed by atoms with Crippen molar-refractivity contribution in [2.45, 2.75) is 43.4 Å². The highest BCUT2D eigenvalue weighted by Crippen LogP contribution is 2.48. The molecule has 0 aliphatic carbocycles. The lowest BCUT2D eigenvalue weighted by Gasteiger charge is -2.45. The van der Waals surface area contributed by atoms with Crippen LogP contribution in [0.3, 0.4) is 0 Å². The maximum Gasteiger partial charge on any atom is 0.207 e. The zero-order chi connectivity index (χ0) is 19.3. The van der Waals surface area contributed by atoms with Crippen LogP contribution in [0.15, 0.2) is 30.3 Å². The summed E-state index contributed by atoms with van der Waals surface area (Å²) in [5.74, 6) is -11.3. The fourth-order valence-electron chi connectivity index (χ4n) is 4.42. The zero-order valence-electron chi connectivity index (χ0n) is 15.0. The second-order valence-corrected chi connectivity index (χ2v) is 7.32. The Labute approximate surface area is 165 Å². The zero-order valence-corrected chi connectivity index (χ0v) is 15.8. The van der Waals surface area contributed by atoms with Gasteiger partial charge in [0.05, 0.1) is 0 Å². The Morgan fingerprint density at radius 3 is 1.79 bits per heavy atom. The Morgan fingerprint density at radius 1 is 0.821 bits per heavy atom. The van der Waals surface area contributed by atoms with Crippen LogP contribution < -0.4 is 4.74 Å². The number of hydrogen-bond donors (Lipinski definition) is 0. The molecule has 2 fully saturated rings. The van der Waals surface area contributed by atoms with Crippen LogP contribution in [0.4, 0.5) is 22.0 Å². The number of fused-ring (bicyclic) bond motifs is 2. The first-order chi connectivity index (χ1) is 12.8. The molecule has 2 aromatic carbocycles. The van der Waals surface area contributed by atoms with Crippen molar-refractivity contribution in [1.29, 1.82) is 0 Å². The molecule has 0 saturated carbocycles. The molecule has 2 saturated heterocycles. The van der Waals surface area contributed by atoms with Gasteiger partial charge in [0.2, 0.25) is 29.1 Å². The second-order valence-electron chi connectivity index (χ2n) is 7.32. The molecule has 2 aliphatic heterocycles. The first kappa shape index (κ1) is 20.9. The molecule has 8 heteroatoms. The van der Waals surface area contributed by atoms with Gasteiger partial charge in [-0.15, -0.1) is 12.4 Å². The SMILES string of the molecule is CN1[C@@H]2CC[C@H]1CC(Oc1c(F)c(F)c(F)c(F)c1F)(c1ccccc1)C2.Cl. The topological polar surface area (TPSA) is 12.5 Å². The van der Waals surface area contributed by atoms with Crippen molar-refractivity contribution in [1.82, 2.24) is 4.90 Å². The van der Waals surface area contributed by atoms with Crippen LogP contribution in [0.5, 0.6) is 5.75 Å². The Balaban J connectivity index is 0.00000225. The number of benzene rings is 2. The summed E-state index contributed by atoms with van der Waals surface area (Å²) < 4.78 is 75.0. The van der Waals surface area contributed by atoms with E-state index in [1.54, 1.807) is 30.3 Å². The average Bonchev–Trinajstić information content (AvgIpc) is 2.90. The van der Waals surface area contributed by atoms with Gasteiger partial charge in [0.1, 0.15) is 5.60 Å². The maximum atomic E-state index is 14.3. The highest BCUT2D eigenvalue weighted by Gasteiger charge is 2.50. The van der Waals surface area contributed by atoms with Crippen LogP contribution in [-0.2, 0) is 5.60 Å². The molecule has 152 valence electrons. The minimum atomic E-state index is -2.19. The van der Waals surface area contributed by atoms with E-state index in [9.17, 15) is 22.0 Å². The summed E-state index contributed by atoms with van der Waals surface area (Å²) in [6.45, 7) is 0. The van der Waals surface area contributed by atoms with E-state index in [-0.39, 0.29) is 24.5 Å². The third kappa shape index (κ3) is 3.14. The van der Waals surface area contributed by atoms with Gasteiger partial charge in [0.25, 0.3) is 0 Å². The number of ether oxygens (including phenoxy) is 1. The number of halogens is 6. The molecule has 28 heavy (non-hydrogen) atoms. The Morgan fingerprint density at radius 2 is 1.29 bits per heavy atom. The normalized spacial score (nSPS) is 26.8. The third-order valence-electron chi connectivity index (χ3n) is 5.88. The van der Waals surface area contributed by atoms with Gasteiger partial charge in [0.15, 0.2) is 5.75 Å². The van der Waals surface area contributed by atoms with Crippen molar-refractivity contribution in [3.05, 3.63) is 65.0 Å². The lowest BCUT2D eigenvalue weighted by molar-refractivity contribution is -0.0340. The molecule has 2 heterocycles. The standard InChI is InChI=1S/C20H18F5NO.ClH/c1-26-12-7-8-13(26)10-20(9-12,11-5-3-2-4-6-11)27-19-17(24)15(22)14(21)16(23)18(19)25;/h2-6,12-13H,7-10H2,1H3;1H/t12-,13+,20?;. The van der Waals surface area contributed by atoms with E-state index in [1.165, 1.54) is 0 Å². The van der Waals surface area contributed by atoms with E-state index >= 15 is 0 Å². The van der Waals surface area contributed by atoms with Crippen molar-refractivity contribution in [2.24, 2.45) is 0 Å². The molecule has 0 radical (unpaired) electrons. The van der Waals surface area contributed by atoms with Gasteiger partial charge < -0.3 is 9.64 Å². The van der Waals surface area contributed by atoms with E-state index < -0.39 is 40.4 Å². The monoisotopic (exact) mass is 419 g/mol. The van der Waals surface area contributed by atoms with E-state index in [4.69, 9.17) is 4.74 Å². The predicted molar refractivity (Wildman–Crippen MR) is 96.0 cm³/mol. The molecule has 0 aromatic heterocycles. The summed E-state index contributed by atoms with van der Waals surface area (Å²) in [6.07, 6.45) is 2.61. The summed E-state index contributed by atoms with van der Waals surface area (Å²) in [7, 11) is 1.98. The van der Waals surface area contributed by atoms with Crippen molar-refractivity contribution < 1.29 is 26.7 Å². The van der Waals surface area contributed by atoms with Crippen LogP contribution in [-0.4, -0.2) is 24.0 Å². The van der Waals surface area contributed by atoms with Crippen molar-refractivity contribution in [2.75, 3.05) is 7.05 Å². The molecule has 0 N–H and O–H groups in total. The van der Waals surface area contributed by atoms with Gasteiger partial charge in [-0.2, -0.15) is 8.78 Å². The van der Waals surface area contributed by atoms with Gasteiger partial charge >= 0.3 is 0 Å². The van der Waals surface area contributed by atoms with Crippen LogP contribution >= 0.6 is 12.4 Å². The minimum absolute atomic E-state index is 0. The molecule has 0 amide bonds. The van der Waals surface area contributed by atoms with E-state index in [2.05, 4.69) is 4.90 Å². The van der Waals surface area contributed by atoms with E-state index in [0.29, 0.717) is 18.4 Å². The molecule has 2 bridgehead atoms. The Bertz CT molecular complexity index is 836. The number of rotatable bonds is 3. The van der Waals surface area contributed by atoms with E-state index in [1.807, 2.05) is 7.05 Å². The minimum Gasteiger partial charge on any atom is -0.476 e. The molecule has 2 aromatic rings. The molecule has 0 spiro atoms. The fraction of sp³-hybridized carbons (Fsp3) is 0.400. The molecule has 1 unspecified atom stereocenters. The van der Waals surface area contributed by atoms with Crippen LogP contribution in [0.1, 0.15) is 31.2 Å².